The van der Waals surface area contributed by atoms with Crippen LogP contribution in [0.25, 0.3) is 0 Å². The van der Waals surface area contributed by atoms with Crippen LogP contribution in [0.2, 0.25) is 0 Å². The Balaban J connectivity index is 5.30. The van der Waals surface area contributed by atoms with Gasteiger partial charge in [-0.3, -0.25) is 4.79 Å². The van der Waals surface area contributed by atoms with E-state index in [2.05, 4.69) is 40.9 Å². The molecule has 4 unspecified atom stereocenters. The summed E-state index contributed by atoms with van der Waals surface area (Å²) in [5, 5.41) is 0. The second kappa shape index (κ2) is 9.53. The maximum atomic E-state index is 12.2. The predicted molar refractivity (Wildman–Crippen MR) is 102 cm³/mol. The van der Waals surface area contributed by atoms with Gasteiger partial charge in [-0.2, -0.15) is 0 Å². The van der Waals surface area contributed by atoms with Crippen molar-refractivity contribution >= 4 is 5.78 Å². The van der Waals surface area contributed by atoms with Crippen molar-refractivity contribution in [2.75, 3.05) is 6.61 Å². The standard InChI is InChI=1S/C21H38O3/c1-10-15-23-21(9,14-5)19(7,12-3)16-17(6)24-20(8,13-4)18(22)11-2/h10-11,17H,1-2,12-16H2,3-9H3. The molecule has 0 amide bonds. The molecular weight excluding hydrogens is 300 g/mol. The van der Waals surface area contributed by atoms with E-state index in [1.54, 1.807) is 6.08 Å². The molecule has 0 spiro atoms. The largest absolute Gasteiger partial charge is 0.371 e. The van der Waals surface area contributed by atoms with Gasteiger partial charge in [0.1, 0.15) is 5.60 Å². The third-order valence-electron chi connectivity index (χ3n) is 5.83. The van der Waals surface area contributed by atoms with Gasteiger partial charge in [-0.1, -0.05) is 40.3 Å². The van der Waals surface area contributed by atoms with Crippen molar-refractivity contribution in [2.45, 2.75) is 91.5 Å². The fourth-order valence-electron chi connectivity index (χ4n) is 3.33. The van der Waals surface area contributed by atoms with E-state index in [4.69, 9.17) is 9.47 Å². The van der Waals surface area contributed by atoms with E-state index in [0.29, 0.717) is 13.0 Å². The van der Waals surface area contributed by atoms with E-state index in [0.717, 1.165) is 19.3 Å². The molecule has 0 aliphatic heterocycles. The normalized spacial score (nSPS) is 20.3. The number of hydrogen-bond donors (Lipinski definition) is 0. The van der Waals surface area contributed by atoms with Gasteiger partial charge in [-0.15, -0.1) is 6.58 Å². The molecule has 24 heavy (non-hydrogen) atoms. The summed E-state index contributed by atoms with van der Waals surface area (Å²) >= 11 is 0. The van der Waals surface area contributed by atoms with Gasteiger partial charge in [-0.05, 0) is 57.9 Å². The number of ether oxygens (including phenoxy) is 2. The van der Waals surface area contributed by atoms with Crippen molar-refractivity contribution in [3.63, 3.8) is 0 Å². The zero-order valence-electron chi connectivity index (χ0n) is 16.9. The highest BCUT2D eigenvalue weighted by Gasteiger charge is 2.45. The SMILES string of the molecule is C=CCOC(C)(CC)C(C)(CC)CC(C)OC(C)(CC)C(=O)C=C. The monoisotopic (exact) mass is 338 g/mol. The lowest BCUT2D eigenvalue weighted by molar-refractivity contribution is -0.160. The van der Waals surface area contributed by atoms with Gasteiger partial charge in [0.2, 0.25) is 0 Å². The summed E-state index contributed by atoms with van der Waals surface area (Å²) in [5.41, 5.74) is -1.13. The fourth-order valence-corrected chi connectivity index (χ4v) is 3.33. The molecule has 0 aromatic rings. The van der Waals surface area contributed by atoms with Gasteiger partial charge in [0.25, 0.3) is 0 Å². The molecule has 0 N–H and O–H groups in total. The van der Waals surface area contributed by atoms with Crippen LogP contribution in [0.4, 0.5) is 0 Å². The van der Waals surface area contributed by atoms with E-state index in [-0.39, 0.29) is 22.9 Å². The Kier molecular flexibility index (Phi) is 9.16. The summed E-state index contributed by atoms with van der Waals surface area (Å²) in [6, 6.07) is 0. The molecule has 0 saturated carbocycles. The van der Waals surface area contributed by atoms with Crippen LogP contribution >= 0.6 is 0 Å². The minimum Gasteiger partial charge on any atom is -0.371 e. The molecule has 0 rings (SSSR count). The molecule has 140 valence electrons. The summed E-state index contributed by atoms with van der Waals surface area (Å²) in [7, 11) is 0. The lowest BCUT2D eigenvalue weighted by Crippen LogP contribution is -2.49. The van der Waals surface area contributed by atoms with Crippen LogP contribution in [0.15, 0.2) is 25.3 Å². The Hall–Kier alpha value is -0.930. The van der Waals surface area contributed by atoms with Crippen LogP contribution in [0.1, 0.15) is 74.1 Å². The van der Waals surface area contributed by atoms with Gasteiger partial charge in [-0.25, -0.2) is 0 Å². The highest BCUT2D eigenvalue weighted by atomic mass is 16.5. The van der Waals surface area contributed by atoms with Gasteiger partial charge in [0.15, 0.2) is 5.78 Å². The number of hydrogen-bond acceptors (Lipinski definition) is 3. The number of rotatable bonds is 13. The third-order valence-corrected chi connectivity index (χ3v) is 5.83. The van der Waals surface area contributed by atoms with Gasteiger partial charge < -0.3 is 9.47 Å². The molecule has 0 saturated heterocycles. The Labute approximate surface area is 149 Å². The second-order valence-electron chi connectivity index (χ2n) is 7.38. The Bertz CT molecular complexity index is 431. The predicted octanol–water partition coefficient (Wildman–Crippen LogP) is 5.49. The van der Waals surface area contributed by atoms with Gasteiger partial charge in [0, 0.05) is 0 Å². The Morgan fingerprint density at radius 1 is 1.08 bits per heavy atom. The van der Waals surface area contributed by atoms with Crippen molar-refractivity contribution in [1.29, 1.82) is 0 Å². The number of carbonyl (C=O) groups excluding carboxylic acids is 1. The molecule has 3 heteroatoms. The summed E-state index contributed by atoms with van der Waals surface area (Å²) in [6.45, 7) is 22.5. The molecule has 0 radical (unpaired) electrons. The van der Waals surface area contributed by atoms with Crippen LogP contribution in [0.3, 0.4) is 0 Å². The average Bonchev–Trinajstić information content (AvgIpc) is 2.57. The first-order valence-electron chi connectivity index (χ1n) is 9.17. The number of ketones is 1. The highest BCUT2D eigenvalue weighted by molar-refractivity contribution is 5.96. The smallest absolute Gasteiger partial charge is 0.186 e. The quantitative estimate of drug-likeness (QED) is 0.329. The minimum absolute atomic E-state index is 0.0537. The van der Waals surface area contributed by atoms with Crippen molar-refractivity contribution in [2.24, 2.45) is 5.41 Å². The second-order valence-corrected chi connectivity index (χ2v) is 7.38. The zero-order chi connectivity index (χ0) is 19.0. The molecule has 0 aliphatic carbocycles. The molecule has 3 nitrogen and oxygen atoms in total. The van der Waals surface area contributed by atoms with Crippen LogP contribution < -0.4 is 0 Å². The van der Waals surface area contributed by atoms with Crippen LogP contribution in [-0.2, 0) is 14.3 Å². The van der Waals surface area contributed by atoms with Gasteiger partial charge in [0.05, 0.1) is 18.3 Å². The van der Waals surface area contributed by atoms with E-state index >= 15 is 0 Å². The van der Waals surface area contributed by atoms with Crippen molar-refractivity contribution < 1.29 is 14.3 Å². The van der Waals surface area contributed by atoms with E-state index in [1.165, 1.54) is 6.08 Å². The summed E-state index contributed by atoms with van der Waals surface area (Å²) in [4.78, 5) is 12.2. The highest BCUT2D eigenvalue weighted by Crippen LogP contribution is 2.44. The molecule has 0 bridgehead atoms. The maximum absolute atomic E-state index is 12.2. The summed E-state index contributed by atoms with van der Waals surface area (Å²) < 4.78 is 12.3. The first-order valence-corrected chi connectivity index (χ1v) is 9.17. The Morgan fingerprint density at radius 2 is 1.67 bits per heavy atom. The van der Waals surface area contributed by atoms with Crippen molar-refractivity contribution in [3.8, 4) is 0 Å². The molecule has 0 aromatic carbocycles. The molecule has 0 fully saturated rings. The fraction of sp³-hybridized carbons (Fsp3) is 0.762. The van der Waals surface area contributed by atoms with Crippen LogP contribution in [0.5, 0.6) is 0 Å². The van der Waals surface area contributed by atoms with E-state index < -0.39 is 5.60 Å². The first-order chi connectivity index (χ1) is 11.1. The molecule has 0 aliphatic rings. The lowest BCUT2D eigenvalue weighted by atomic mass is 9.67. The third kappa shape index (κ3) is 5.29. The molecule has 4 atom stereocenters. The zero-order valence-corrected chi connectivity index (χ0v) is 16.9. The number of carbonyl (C=O) groups is 1. The van der Waals surface area contributed by atoms with Crippen LogP contribution in [-0.4, -0.2) is 29.7 Å². The maximum Gasteiger partial charge on any atom is 0.186 e. The average molecular weight is 339 g/mol. The van der Waals surface area contributed by atoms with Crippen molar-refractivity contribution in [1.82, 2.24) is 0 Å². The molecular formula is C21H38O3. The Morgan fingerprint density at radius 3 is 2.04 bits per heavy atom. The van der Waals surface area contributed by atoms with Crippen LogP contribution in [0, 0.1) is 5.41 Å². The molecule has 0 aromatic heterocycles. The first kappa shape index (κ1) is 23.1. The van der Waals surface area contributed by atoms with Gasteiger partial charge >= 0.3 is 0 Å². The van der Waals surface area contributed by atoms with Crippen molar-refractivity contribution in [3.05, 3.63) is 25.3 Å². The van der Waals surface area contributed by atoms with E-state index in [1.807, 2.05) is 20.8 Å². The minimum atomic E-state index is -0.805. The molecule has 0 heterocycles. The lowest BCUT2D eigenvalue weighted by Gasteiger charge is -2.47. The summed E-state index contributed by atoms with van der Waals surface area (Å²) in [5.74, 6) is -0.0591. The van der Waals surface area contributed by atoms with E-state index in [9.17, 15) is 4.79 Å². The topological polar surface area (TPSA) is 35.5 Å². The summed E-state index contributed by atoms with van der Waals surface area (Å²) in [6.07, 6.45) is 6.43.